The van der Waals surface area contributed by atoms with E-state index < -0.39 is 0 Å². The average molecular weight is 332 g/mol. The van der Waals surface area contributed by atoms with Crippen LogP contribution in [0.15, 0.2) is 42.5 Å². The molecule has 0 heterocycles. The Bertz CT molecular complexity index is 547. The summed E-state index contributed by atoms with van der Waals surface area (Å²) in [6.07, 6.45) is 1.78. The Kier molecular flexibility index (Phi) is 7.22. The highest BCUT2D eigenvalue weighted by Gasteiger charge is 2.34. The van der Waals surface area contributed by atoms with Crippen molar-refractivity contribution in [2.75, 3.05) is 13.2 Å². The van der Waals surface area contributed by atoms with Gasteiger partial charge < -0.3 is 9.84 Å². The third-order valence-electron chi connectivity index (χ3n) is 4.44. The van der Waals surface area contributed by atoms with Gasteiger partial charge in [-0.1, -0.05) is 64.6 Å². The third kappa shape index (κ3) is 6.12. The number of ether oxygens (including phenoxy) is 1. The summed E-state index contributed by atoms with van der Waals surface area (Å²) in [7, 11) is 0. The van der Waals surface area contributed by atoms with E-state index >= 15 is 0 Å². The molecule has 3 heteroatoms. The van der Waals surface area contributed by atoms with E-state index in [1.165, 1.54) is 0 Å². The summed E-state index contributed by atoms with van der Waals surface area (Å²) >= 11 is 0. The summed E-state index contributed by atoms with van der Waals surface area (Å²) in [5, 5.41) is 9.99. The van der Waals surface area contributed by atoms with E-state index in [0.29, 0.717) is 12.2 Å². The number of rotatable bonds is 9. The lowest BCUT2D eigenvalue weighted by atomic mass is 9.68. The molecule has 1 aromatic rings. The SMILES string of the molecule is C=C(C)C(=O)OCC(C)CC(C)(C)CC(C)(CO)c1ccccc1. The highest BCUT2D eigenvalue weighted by atomic mass is 16.5. The molecule has 2 unspecified atom stereocenters. The van der Waals surface area contributed by atoms with Crippen LogP contribution in [0.5, 0.6) is 0 Å². The van der Waals surface area contributed by atoms with Crippen molar-refractivity contribution in [1.82, 2.24) is 0 Å². The van der Waals surface area contributed by atoms with Gasteiger partial charge >= 0.3 is 5.97 Å². The zero-order valence-electron chi connectivity index (χ0n) is 15.8. The van der Waals surface area contributed by atoms with Crippen LogP contribution >= 0.6 is 0 Å². The van der Waals surface area contributed by atoms with Gasteiger partial charge in [0.2, 0.25) is 0 Å². The van der Waals surface area contributed by atoms with Crippen LogP contribution in [0.25, 0.3) is 0 Å². The van der Waals surface area contributed by atoms with Gasteiger partial charge in [0.15, 0.2) is 0 Å². The molecule has 0 amide bonds. The van der Waals surface area contributed by atoms with Crippen molar-refractivity contribution in [2.45, 2.75) is 52.9 Å². The number of aliphatic hydroxyl groups excluding tert-OH is 1. The monoisotopic (exact) mass is 332 g/mol. The predicted molar refractivity (Wildman–Crippen MR) is 98.8 cm³/mol. The first-order valence-electron chi connectivity index (χ1n) is 8.59. The van der Waals surface area contributed by atoms with Crippen molar-refractivity contribution in [2.24, 2.45) is 11.3 Å². The molecule has 0 aliphatic carbocycles. The first-order valence-corrected chi connectivity index (χ1v) is 8.59. The summed E-state index contributed by atoms with van der Waals surface area (Å²) < 4.78 is 5.26. The molecule has 0 aliphatic heterocycles. The van der Waals surface area contributed by atoms with Gasteiger partial charge in [0, 0.05) is 11.0 Å². The highest BCUT2D eigenvalue weighted by molar-refractivity contribution is 5.86. The van der Waals surface area contributed by atoms with Crippen molar-refractivity contribution in [3.05, 3.63) is 48.0 Å². The van der Waals surface area contributed by atoms with E-state index in [2.05, 4.69) is 46.4 Å². The van der Waals surface area contributed by atoms with E-state index in [0.717, 1.165) is 18.4 Å². The van der Waals surface area contributed by atoms with Crippen LogP contribution < -0.4 is 0 Å². The lowest BCUT2D eigenvalue weighted by Crippen LogP contribution is -2.34. The van der Waals surface area contributed by atoms with Crippen molar-refractivity contribution < 1.29 is 14.6 Å². The first-order chi connectivity index (χ1) is 11.1. The van der Waals surface area contributed by atoms with Gasteiger partial charge in [-0.2, -0.15) is 0 Å². The topological polar surface area (TPSA) is 46.5 Å². The normalized spacial score (nSPS) is 15.4. The van der Waals surface area contributed by atoms with Crippen molar-refractivity contribution in [3.8, 4) is 0 Å². The second-order valence-electron chi connectivity index (χ2n) is 8.11. The summed E-state index contributed by atoms with van der Waals surface area (Å²) in [6.45, 7) is 14.4. The van der Waals surface area contributed by atoms with Crippen molar-refractivity contribution in [1.29, 1.82) is 0 Å². The molecule has 0 bridgehead atoms. The molecule has 0 aliphatic rings. The number of carbonyl (C=O) groups excluding carboxylic acids is 1. The molecule has 0 saturated carbocycles. The maximum absolute atomic E-state index is 11.5. The molecule has 0 fully saturated rings. The van der Waals surface area contributed by atoms with E-state index in [1.54, 1.807) is 6.92 Å². The summed E-state index contributed by atoms with van der Waals surface area (Å²) in [5.41, 5.74) is 1.32. The maximum Gasteiger partial charge on any atom is 0.333 e. The van der Waals surface area contributed by atoms with Crippen LogP contribution in [0.2, 0.25) is 0 Å². The van der Waals surface area contributed by atoms with Gasteiger partial charge in [-0.3, -0.25) is 0 Å². The fourth-order valence-corrected chi connectivity index (χ4v) is 3.56. The number of esters is 1. The van der Waals surface area contributed by atoms with Crippen LogP contribution in [-0.4, -0.2) is 24.3 Å². The Morgan fingerprint density at radius 3 is 2.33 bits per heavy atom. The molecular formula is C21H32O3. The van der Waals surface area contributed by atoms with Gasteiger partial charge in [0.25, 0.3) is 0 Å². The van der Waals surface area contributed by atoms with Crippen molar-refractivity contribution in [3.63, 3.8) is 0 Å². The summed E-state index contributed by atoms with van der Waals surface area (Å²) in [4.78, 5) is 11.5. The minimum Gasteiger partial charge on any atom is -0.462 e. The van der Waals surface area contributed by atoms with E-state index in [4.69, 9.17) is 4.74 Å². The molecule has 0 spiro atoms. The van der Waals surface area contributed by atoms with E-state index in [9.17, 15) is 9.90 Å². The Morgan fingerprint density at radius 2 is 1.83 bits per heavy atom. The zero-order valence-corrected chi connectivity index (χ0v) is 15.8. The molecule has 134 valence electrons. The molecule has 0 radical (unpaired) electrons. The first kappa shape index (κ1) is 20.4. The van der Waals surface area contributed by atoms with Crippen LogP contribution in [0.3, 0.4) is 0 Å². The zero-order chi connectivity index (χ0) is 18.4. The molecule has 0 aromatic heterocycles. The van der Waals surface area contributed by atoms with Gasteiger partial charge in [0.05, 0.1) is 13.2 Å². The molecule has 2 atom stereocenters. The maximum atomic E-state index is 11.5. The predicted octanol–water partition coefficient (Wildman–Crippen LogP) is 4.50. The lowest BCUT2D eigenvalue weighted by molar-refractivity contribution is -0.140. The van der Waals surface area contributed by atoms with Crippen LogP contribution in [0.1, 0.15) is 53.0 Å². The standard InChI is InChI=1S/C21H32O3/c1-16(2)19(23)24-13-17(3)12-20(4,5)14-21(6,15-22)18-10-8-7-9-11-18/h7-11,17,22H,1,12-15H2,2-6H3. The largest absolute Gasteiger partial charge is 0.462 e. The number of benzene rings is 1. The van der Waals surface area contributed by atoms with Gasteiger partial charge in [-0.15, -0.1) is 0 Å². The van der Waals surface area contributed by atoms with Gasteiger partial charge in [-0.25, -0.2) is 4.79 Å². The molecule has 1 N–H and O–H groups in total. The van der Waals surface area contributed by atoms with E-state index in [1.807, 2.05) is 18.2 Å². The third-order valence-corrected chi connectivity index (χ3v) is 4.44. The van der Waals surface area contributed by atoms with Crippen LogP contribution in [-0.2, 0) is 14.9 Å². The second kappa shape index (κ2) is 8.48. The molecule has 0 saturated heterocycles. The van der Waals surface area contributed by atoms with Crippen LogP contribution in [0, 0.1) is 11.3 Å². The molecule has 3 nitrogen and oxygen atoms in total. The Labute approximate surface area is 146 Å². The highest BCUT2D eigenvalue weighted by Crippen LogP contribution is 2.40. The van der Waals surface area contributed by atoms with Gasteiger partial charge in [-0.05, 0) is 36.7 Å². The van der Waals surface area contributed by atoms with E-state index in [-0.39, 0.29) is 29.3 Å². The van der Waals surface area contributed by atoms with Crippen LogP contribution in [0.4, 0.5) is 0 Å². The quantitative estimate of drug-likeness (QED) is 0.535. The molecule has 24 heavy (non-hydrogen) atoms. The number of hydrogen-bond acceptors (Lipinski definition) is 3. The number of carbonyl (C=O) groups is 1. The Morgan fingerprint density at radius 1 is 1.25 bits per heavy atom. The fraction of sp³-hybridized carbons (Fsp3) is 0.571. The number of aliphatic hydroxyl groups is 1. The van der Waals surface area contributed by atoms with Gasteiger partial charge in [0.1, 0.15) is 0 Å². The second-order valence-corrected chi connectivity index (χ2v) is 8.11. The number of hydrogen-bond donors (Lipinski definition) is 1. The average Bonchev–Trinajstić information content (AvgIpc) is 2.52. The minimum absolute atomic E-state index is 0.0162. The summed E-state index contributed by atoms with van der Waals surface area (Å²) in [6, 6.07) is 10.2. The Hall–Kier alpha value is -1.61. The molecule has 1 rings (SSSR count). The Balaban J connectivity index is 2.70. The lowest BCUT2D eigenvalue weighted by Gasteiger charge is -2.38. The summed E-state index contributed by atoms with van der Waals surface area (Å²) in [5.74, 6) is -0.0776. The smallest absolute Gasteiger partial charge is 0.333 e. The minimum atomic E-state index is -0.330. The molecular weight excluding hydrogens is 300 g/mol. The van der Waals surface area contributed by atoms with Crippen molar-refractivity contribution >= 4 is 5.97 Å². The fourth-order valence-electron chi connectivity index (χ4n) is 3.56. The molecule has 1 aromatic carbocycles.